The van der Waals surface area contributed by atoms with E-state index >= 15 is 0 Å². The molecule has 2 N–H and O–H groups in total. The number of hydrazine groups is 1. The lowest BCUT2D eigenvalue weighted by Gasteiger charge is -2.07. The number of hydrogen-bond acceptors (Lipinski definition) is 3. The third-order valence-electron chi connectivity index (χ3n) is 2.83. The lowest BCUT2D eigenvalue weighted by molar-refractivity contribution is -0.121. The van der Waals surface area contributed by atoms with Crippen LogP contribution in [0, 0.1) is 5.82 Å². The molecule has 0 saturated carbocycles. The van der Waals surface area contributed by atoms with Crippen molar-refractivity contribution in [1.29, 1.82) is 0 Å². The molecule has 2 aromatic rings. The molecule has 0 saturated heterocycles. The van der Waals surface area contributed by atoms with Crippen LogP contribution in [0.25, 0.3) is 0 Å². The highest BCUT2D eigenvalue weighted by atomic mass is 35.5. The number of thioether (sulfide) groups is 1. The van der Waals surface area contributed by atoms with Crippen LogP contribution in [0.4, 0.5) is 4.39 Å². The molecule has 0 aliphatic carbocycles. The molecule has 7 heteroatoms. The smallest absolute Gasteiger partial charge is 0.269 e. The van der Waals surface area contributed by atoms with Crippen LogP contribution in [0.1, 0.15) is 16.8 Å². The summed E-state index contributed by atoms with van der Waals surface area (Å²) >= 11 is 7.17. The number of carbonyl (C=O) groups excluding carboxylic acids is 2. The Morgan fingerprint density at radius 1 is 1.00 bits per heavy atom. The Labute approximate surface area is 142 Å². The number of amides is 2. The maximum Gasteiger partial charge on any atom is 0.269 e. The van der Waals surface area contributed by atoms with Gasteiger partial charge in [0.05, 0.1) is 0 Å². The summed E-state index contributed by atoms with van der Waals surface area (Å²) in [6.07, 6.45) is 0.225. The molecular formula is C16H14ClFN2O2S. The van der Waals surface area contributed by atoms with Gasteiger partial charge in [-0.3, -0.25) is 20.4 Å². The molecule has 4 nitrogen and oxygen atoms in total. The molecule has 0 atom stereocenters. The summed E-state index contributed by atoms with van der Waals surface area (Å²) in [4.78, 5) is 24.3. The van der Waals surface area contributed by atoms with E-state index in [-0.39, 0.29) is 18.1 Å². The Balaban J connectivity index is 1.69. The molecule has 2 aromatic carbocycles. The lowest BCUT2D eigenvalue weighted by Crippen LogP contribution is -2.41. The first-order valence-corrected chi connectivity index (χ1v) is 8.14. The van der Waals surface area contributed by atoms with Gasteiger partial charge in [-0.1, -0.05) is 11.6 Å². The molecule has 0 radical (unpaired) electrons. The highest BCUT2D eigenvalue weighted by Gasteiger charge is 2.07. The minimum atomic E-state index is -0.416. The van der Waals surface area contributed by atoms with Crippen molar-refractivity contribution in [3.8, 4) is 0 Å². The van der Waals surface area contributed by atoms with Crippen molar-refractivity contribution in [3.63, 3.8) is 0 Å². The number of halogens is 2. The Kier molecular flexibility index (Phi) is 6.43. The molecule has 2 amide bonds. The zero-order valence-electron chi connectivity index (χ0n) is 12.0. The van der Waals surface area contributed by atoms with Crippen LogP contribution in [0.15, 0.2) is 53.4 Å². The predicted octanol–water partition coefficient (Wildman–Crippen LogP) is 3.42. The summed E-state index contributed by atoms with van der Waals surface area (Å²) in [6, 6.07) is 12.4. The van der Waals surface area contributed by atoms with Gasteiger partial charge in [0.15, 0.2) is 0 Å². The summed E-state index contributed by atoms with van der Waals surface area (Å²) < 4.78 is 12.8. The first kappa shape index (κ1) is 17.3. The SMILES string of the molecule is O=C(CCSc1ccc(F)cc1)NNC(=O)c1ccc(Cl)cc1. The maximum absolute atomic E-state index is 12.8. The molecule has 0 aliphatic rings. The first-order valence-electron chi connectivity index (χ1n) is 6.78. The van der Waals surface area contributed by atoms with Crippen molar-refractivity contribution >= 4 is 35.2 Å². The van der Waals surface area contributed by atoms with E-state index in [0.717, 1.165) is 4.90 Å². The van der Waals surface area contributed by atoms with Gasteiger partial charge in [0.1, 0.15) is 5.82 Å². The van der Waals surface area contributed by atoms with E-state index in [2.05, 4.69) is 10.9 Å². The first-order chi connectivity index (χ1) is 11.0. The highest BCUT2D eigenvalue weighted by Crippen LogP contribution is 2.18. The second-order valence-corrected chi connectivity index (χ2v) is 6.17. The third-order valence-corrected chi connectivity index (χ3v) is 4.10. The summed E-state index contributed by atoms with van der Waals surface area (Å²) in [5.41, 5.74) is 5.08. The summed E-state index contributed by atoms with van der Waals surface area (Å²) in [7, 11) is 0. The zero-order valence-corrected chi connectivity index (χ0v) is 13.6. The molecule has 0 aromatic heterocycles. The van der Waals surface area contributed by atoms with Gasteiger partial charge < -0.3 is 0 Å². The van der Waals surface area contributed by atoms with Crippen molar-refractivity contribution in [3.05, 3.63) is 64.9 Å². The Morgan fingerprint density at radius 3 is 2.30 bits per heavy atom. The van der Waals surface area contributed by atoms with Gasteiger partial charge in [0.2, 0.25) is 5.91 Å². The number of nitrogens with one attached hydrogen (secondary N) is 2. The van der Waals surface area contributed by atoms with Crippen LogP contribution in [0.5, 0.6) is 0 Å². The Bertz CT molecular complexity index is 677. The van der Waals surface area contributed by atoms with E-state index in [1.807, 2.05) is 0 Å². The topological polar surface area (TPSA) is 58.2 Å². The zero-order chi connectivity index (χ0) is 16.7. The van der Waals surface area contributed by atoms with Crippen molar-refractivity contribution in [2.75, 3.05) is 5.75 Å². The monoisotopic (exact) mass is 352 g/mol. The third kappa shape index (κ3) is 5.92. The minimum absolute atomic E-state index is 0.225. The largest absolute Gasteiger partial charge is 0.273 e. The van der Waals surface area contributed by atoms with Gasteiger partial charge in [0, 0.05) is 27.7 Å². The average molecular weight is 353 g/mol. The fourth-order valence-electron chi connectivity index (χ4n) is 1.65. The molecule has 0 fully saturated rings. The van der Waals surface area contributed by atoms with E-state index in [4.69, 9.17) is 11.6 Å². The van der Waals surface area contributed by atoms with Gasteiger partial charge >= 0.3 is 0 Å². The summed E-state index contributed by atoms with van der Waals surface area (Å²) in [5, 5.41) is 0.531. The number of benzene rings is 2. The fraction of sp³-hybridized carbons (Fsp3) is 0.125. The standard InChI is InChI=1S/C16H14ClFN2O2S/c17-12-3-1-11(2-4-12)16(22)20-19-15(21)9-10-23-14-7-5-13(18)6-8-14/h1-8H,9-10H2,(H,19,21)(H,20,22). The van der Waals surface area contributed by atoms with E-state index in [1.54, 1.807) is 36.4 Å². The summed E-state index contributed by atoms with van der Waals surface area (Å²) in [5.74, 6) is -0.492. The van der Waals surface area contributed by atoms with Crippen molar-refractivity contribution in [1.82, 2.24) is 10.9 Å². The van der Waals surface area contributed by atoms with E-state index in [9.17, 15) is 14.0 Å². The van der Waals surface area contributed by atoms with Crippen LogP contribution in [-0.2, 0) is 4.79 Å². The van der Waals surface area contributed by atoms with Crippen LogP contribution in [-0.4, -0.2) is 17.6 Å². The second kappa shape index (κ2) is 8.55. The Hall–Kier alpha value is -2.05. The number of rotatable bonds is 5. The van der Waals surface area contributed by atoms with Crippen molar-refractivity contribution < 1.29 is 14.0 Å². The fourth-order valence-corrected chi connectivity index (χ4v) is 2.63. The van der Waals surface area contributed by atoms with E-state index < -0.39 is 5.91 Å². The van der Waals surface area contributed by atoms with E-state index in [1.165, 1.54) is 23.9 Å². The normalized spacial score (nSPS) is 10.2. The quantitative estimate of drug-likeness (QED) is 0.640. The minimum Gasteiger partial charge on any atom is -0.273 e. The van der Waals surface area contributed by atoms with Gasteiger partial charge in [-0.15, -0.1) is 11.8 Å². The Morgan fingerprint density at radius 2 is 1.65 bits per heavy atom. The highest BCUT2D eigenvalue weighted by molar-refractivity contribution is 7.99. The molecule has 0 bridgehead atoms. The van der Waals surface area contributed by atoms with Crippen LogP contribution in [0.2, 0.25) is 5.02 Å². The van der Waals surface area contributed by atoms with Crippen molar-refractivity contribution in [2.24, 2.45) is 0 Å². The van der Waals surface area contributed by atoms with Crippen LogP contribution >= 0.6 is 23.4 Å². The second-order valence-electron chi connectivity index (χ2n) is 4.56. The molecular weight excluding hydrogens is 339 g/mol. The number of carbonyl (C=O) groups is 2. The average Bonchev–Trinajstić information content (AvgIpc) is 2.55. The summed E-state index contributed by atoms with van der Waals surface area (Å²) in [6.45, 7) is 0. The van der Waals surface area contributed by atoms with Crippen LogP contribution in [0.3, 0.4) is 0 Å². The van der Waals surface area contributed by atoms with Gasteiger partial charge in [-0.25, -0.2) is 4.39 Å². The van der Waals surface area contributed by atoms with Gasteiger partial charge in [-0.2, -0.15) is 0 Å². The molecule has 0 heterocycles. The molecule has 0 unspecified atom stereocenters. The van der Waals surface area contributed by atoms with Crippen molar-refractivity contribution in [2.45, 2.75) is 11.3 Å². The molecule has 23 heavy (non-hydrogen) atoms. The van der Waals surface area contributed by atoms with E-state index in [0.29, 0.717) is 16.3 Å². The maximum atomic E-state index is 12.8. The lowest BCUT2D eigenvalue weighted by atomic mass is 10.2. The van der Waals surface area contributed by atoms with Crippen LogP contribution < -0.4 is 10.9 Å². The number of hydrogen-bond donors (Lipinski definition) is 2. The van der Waals surface area contributed by atoms with Gasteiger partial charge in [0.25, 0.3) is 5.91 Å². The molecule has 0 aliphatic heterocycles. The predicted molar refractivity (Wildman–Crippen MR) is 88.8 cm³/mol. The molecule has 120 valence electrons. The van der Waals surface area contributed by atoms with Gasteiger partial charge in [-0.05, 0) is 48.5 Å². The molecule has 0 spiro atoms. The molecule has 2 rings (SSSR count).